The molecule has 0 radical (unpaired) electrons. The van der Waals surface area contributed by atoms with Crippen molar-refractivity contribution in [3.63, 3.8) is 0 Å². The van der Waals surface area contributed by atoms with E-state index in [4.69, 9.17) is 0 Å². The Balaban J connectivity index is 2.95. The summed E-state index contributed by atoms with van der Waals surface area (Å²) in [6, 6.07) is 1.85. The van der Waals surface area contributed by atoms with Gasteiger partial charge in [0.2, 0.25) is 0 Å². The van der Waals surface area contributed by atoms with E-state index in [0.717, 1.165) is 4.96 Å². The Kier molecular flexibility index (Phi) is 0.927. The average Bonchev–Trinajstić information content (AvgIpc) is 2.33. The second-order valence-corrected chi connectivity index (χ2v) is 2.40. The summed E-state index contributed by atoms with van der Waals surface area (Å²) in [5, 5.41) is 3.99. The molecule has 9 heavy (non-hydrogen) atoms. The summed E-state index contributed by atoms with van der Waals surface area (Å²) in [6.07, 6.45) is 3.63. The summed E-state index contributed by atoms with van der Waals surface area (Å²) in [7, 11) is 0. The fraction of sp³-hybridized carbons (Fsp3) is 0. The molecule has 44 valence electrons. The minimum atomic E-state index is 0.928. The standard InChI is InChI=1S/C5H4N3S/c1-2-6-5-8(3-1)7-4-9-5/h1-4H/q+1. The van der Waals surface area contributed by atoms with Crippen LogP contribution >= 0.6 is 11.3 Å². The molecule has 2 aromatic heterocycles. The molecule has 0 N–H and O–H groups in total. The van der Waals surface area contributed by atoms with Gasteiger partial charge in [-0.2, -0.15) is 0 Å². The molecule has 0 aliphatic rings. The van der Waals surface area contributed by atoms with Gasteiger partial charge in [0, 0.05) is 6.07 Å². The van der Waals surface area contributed by atoms with Crippen molar-refractivity contribution in [2.24, 2.45) is 0 Å². The third kappa shape index (κ3) is 0.675. The summed E-state index contributed by atoms with van der Waals surface area (Å²) in [4.78, 5) is 4.99. The molecule has 0 unspecified atom stereocenters. The maximum absolute atomic E-state index is 4.06. The predicted octanol–water partition coefficient (Wildman–Crippen LogP) is 0.277. The first kappa shape index (κ1) is 4.81. The van der Waals surface area contributed by atoms with Crippen LogP contribution in [0, 0.1) is 0 Å². The van der Waals surface area contributed by atoms with Gasteiger partial charge in [0.05, 0.1) is 0 Å². The molecule has 0 fully saturated rings. The van der Waals surface area contributed by atoms with Gasteiger partial charge in [0.15, 0.2) is 0 Å². The van der Waals surface area contributed by atoms with Crippen molar-refractivity contribution in [3.8, 4) is 0 Å². The van der Waals surface area contributed by atoms with Crippen LogP contribution in [0.2, 0.25) is 0 Å². The molecule has 0 spiro atoms. The van der Waals surface area contributed by atoms with E-state index in [0.29, 0.717) is 0 Å². The number of fused-ring (bicyclic) bond motifs is 1. The molecule has 2 heterocycles. The van der Waals surface area contributed by atoms with E-state index in [1.165, 1.54) is 11.3 Å². The van der Waals surface area contributed by atoms with E-state index in [1.807, 2.05) is 12.3 Å². The van der Waals surface area contributed by atoms with Crippen LogP contribution in [0.1, 0.15) is 0 Å². The quantitative estimate of drug-likeness (QED) is 0.489. The Labute approximate surface area is 55.6 Å². The molecule has 4 heteroatoms. The highest BCUT2D eigenvalue weighted by Gasteiger charge is 2.00. The molecule has 0 aromatic carbocycles. The van der Waals surface area contributed by atoms with E-state index in [-0.39, 0.29) is 0 Å². The van der Waals surface area contributed by atoms with E-state index in [9.17, 15) is 0 Å². The normalized spacial score (nSPS) is 10.2. The fourth-order valence-corrected chi connectivity index (χ4v) is 1.22. The first-order valence-corrected chi connectivity index (χ1v) is 3.41. The van der Waals surface area contributed by atoms with Crippen molar-refractivity contribution in [2.45, 2.75) is 0 Å². The third-order valence-electron chi connectivity index (χ3n) is 1.02. The molecule has 3 nitrogen and oxygen atoms in total. The van der Waals surface area contributed by atoms with Gasteiger partial charge >= 0.3 is 4.96 Å². The number of hydrogen-bond donors (Lipinski definition) is 0. The smallest absolute Gasteiger partial charge is 0.0913 e. The van der Waals surface area contributed by atoms with Crippen LogP contribution in [0.4, 0.5) is 0 Å². The monoisotopic (exact) mass is 138 g/mol. The Hall–Kier alpha value is -1.03. The third-order valence-corrected chi connectivity index (χ3v) is 1.73. The lowest BCUT2D eigenvalue weighted by atomic mass is 10.7. The Bertz CT molecular complexity index is 286. The summed E-state index contributed by atoms with van der Waals surface area (Å²) >= 11 is 1.53. The molecule has 0 bridgehead atoms. The SMILES string of the molecule is c1cnc2scn[n+]2c1. The molecule has 0 aliphatic heterocycles. The van der Waals surface area contributed by atoms with Gasteiger partial charge in [-0.25, -0.2) is 0 Å². The highest BCUT2D eigenvalue weighted by atomic mass is 32.1. The molecule has 0 atom stereocenters. The molecule has 2 aromatic rings. The lowest BCUT2D eigenvalue weighted by molar-refractivity contribution is -0.578. The van der Waals surface area contributed by atoms with Crippen molar-refractivity contribution < 1.29 is 4.52 Å². The molecule has 0 amide bonds. The van der Waals surface area contributed by atoms with Gasteiger partial charge in [0.25, 0.3) is 0 Å². The van der Waals surface area contributed by atoms with Crippen LogP contribution in [-0.4, -0.2) is 10.1 Å². The predicted molar refractivity (Wildman–Crippen MR) is 33.1 cm³/mol. The van der Waals surface area contributed by atoms with Crippen LogP contribution in [-0.2, 0) is 0 Å². The van der Waals surface area contributed by atoms with Crippen LogP contribution in [0.15, 0.2) is 24.0 Å². The van der Waals surface area contributed by atoms with E-state index < -0.39 is 0 Å². The number of nitrogens with zero attached hydrogens (tertiary/aromatic N) is 3. The Morgan fingerprint density at radius 2 is 2.56 bits per heavy atom. The summed E-state index contributed by atoms with van der Waals surface area (Å²) in [6.45, 7) is 0. The van der Waals surface area contributed by atoms with Gasteiger partial charge in [-0.15, -0.1) is 0 Å². The van der Waals surface area contributed by atoms with Gasteiger partial charge in [-0.1, -0.05) is 9.61 Å². The lowest BCUT2D eigenvalue weighted by Gasteiger charge is -1.71. The van der Waals surface area contributed by atoms with Gasteiger partial charge in [0.1, 0.15) is 17.9 Å². The van der Waals surface area contributed by atoms with Crippen LogP contribution in [0.5, 0.6) is 0 Å². The highest BCUT2D eigenvalue weighted by Crippen LogP contribution is 1.94. The zero-order valence-corrected chi connectivity index (χ0v) is 5.38. The summed E-state index contributed by atoms with van der Waals surface area (Å²) < 4.78 is 1.74. The summed E-state index contributed by atoms with van der Waals surface area (Å²) in [5.41, 5.74) is 1.77. The number of hydrogen-bond acceptors (Lipinski definition) is 3. The largest absolute Gasteiger partial charge is 0.409 e. The second kappa shape index (κ2) is 1.73. The van der Waals surface area contributed by atoms with Crippen molar-refractivity contribution in [1.82, 2.24) is 10.1 Å². The van der Waals surface area contributed by atoms with E-state index in [1.54, 1.807) is 16.2 Å². The van der Waals surface area contributed by atoms with Gasteiger partial charge < -0.3 is 0 Å². The van der Waals surface area contributed by atoms with Crippen molar-refractivity contribution in [3.05, 3.63) is 24.0 Å². The Morgan fingerprint density at radius 1 is 1.56 bits per heavy atom. The zero-order chi connectivity index (χ0) is 6.10. The second-order valence-electron chi connectivity index (χ2n) is 1.59. The maximum atomic E-state index is 4.06. The molecular weight excluding hydrogens is 134 g/mol. The van der Waals surface area contributed by atoms with Crippen LogP contribution in [0.25, 0.3) is 4.96 Å². The minimum Gasteiger partial charge on any atom is -0.0913 e. The molecule has 0 saturated carbocycles. The minimum absolute atomic E-state index is 0.928. The molecular formula is C5H4N3S+. The van der Waals surface area contributed by atoms with E-state index >= 15 is 0 Å². The number of aromatic nitrogens is 3. The van der Waals surface area contributed by atoms with E-state index in [2.05, 4.69) is 10.1 Å². The van der Waals surface area contributed by atoms with Crippen LogP contribution in [0.3, 0.4) is 0 Å². The van der Waals surface area contributed by atoms with Gasteiger partial charge in [-0.3, -0.25) is 0 Å². The summed E-state index contributed by atoms with van der Waals surface area (Å²) in [5.74, 6) is 0. The molecule has 0 saturated heterocycles. The number of rotatable bonds is 0. The van der Waals surface area contributed by atoms with Crippen molar-refractivity contribution in [1.29, 1.82) is 0 Å². The highest BCUT2D eigenvalue weighted by molar-refractivity contribution is 7.14. The topological polar surface area (TPSA) is 29.9 Å². The Morgan fingerprint density at radius 3 is 3.44 bits per heavy atom. The zero-order valence-electron chi connectivity index (χ0n) is 4.56. The lowest BCUT2D eigenvalue weighted by Crippen LogP contribution is -2.21. The average molecular weight is 138 g/mol. The maximum Gasteiger partial charge on any atom is 0.409 e. The fourth-order valence-electron chi connectivity index (χ4n) is 0.644. The van der Waals surface area contributed by atoms with Crippen molar-refractivity contribution in [2.75, 3.05) is 0 Å². The first-order valence-electron chi connectivity index (χ1n) is 2.53. The van der Waals surface area contributed by atoms with Crippen LogP contribution < -0.4 is 4.52 Å². The van der Waals surface area contributed by atoms with Gasteiger partial charge in [-0.05, 0) is 16.3 Å². The molecule has 2 rings (SSSR count). The first-order chi connectivity index (χ1) is 4.47. The molecule has 0 aliphatic carbocycles. The van der Waals surface area contributed by atoms with Crippen molar-refractivity contribution >= 4 is 16.3 Å².